The molecule has 0 saturated heterocycles. The number of nitrogens with zero attached hydrogens (tertiary/aromatic N) is 3. The molecule has 0 unspecified atom stereocenters. The van der Waals surface area contributed by atoms with E-state index in [1.807, 2.05) is 12.1 Å². The zero-order valence-electron chi connectivity index (χ0n) is 22.6. The van der Waals surface area contributed by atoms with Crippen LogP contribution in [0.5, 0.6) is 0 Å². The lowest BCUT2D eigenvalue weighted by Crippen LogP contribution is -2.30. The molecule has 3 nitrogen and oxygen atoms in total. The highest BCUT2D eigenvalue weighted by atomic mass is 15.0. The lowest BCUT2D eigenvalue weighted by molar-refractivity contribution is -0.659. The Bertz CT molecular complexity index is 2170. The van der Waals surface area contributed by atoms with Crippen LogP contribution in [0.4, 0.5) is 0 Å². The minimum Gasteiger partial charge on any atom is -0.308 e. The summed E-state index contributed by atoms with van der Waals surface area (Å²) in [5.74, 6) is 0. The fourth-order valence-corrected chi connectivity index (χ4v) is 6.32. The van der Waals surface area contributed by atoms with Crippen LogP contribution in [-0.4, -0.2) is 4.57 Å². The summed E-state index contributed by atoms with van der Waals surface area (Å²) >= 11 is 0. The van der Waals surface area contributed by atoms with Crippen LogP contribution in [0.15, 0.2) is 97.2 Å². The SMILES string of the molecule is Cc1cc(C)c(C)c(-c2c3ccc4cc(-n5c6ccccc6c6cccc(C#N)c65)ccc4c3cc[n+]2C)c1. The molecular formula is C36H28N3+. The molecule has 0 aliphatic heterocycles. The molecule has 3 heteroatoms. The molecule has 0 radical (unpaired) electrons. The second-order valence-electron chi connectivity index (χ2n) is 10.6. The number of hydrogen-bond acceptors (Lipinski definition) is 1. The van der Waals surface area contributed by atoms with Gasteiger partial charge in [-0.25, -0.2) is 4.57 Å². The molecule has 186 valence electrons. The number of pyridine rings is 1. The van der Waals surface area contributed by atoms with Crippen molar-refractivity contribution in [1.29, 1.82) is 5.26 Å². The molecule has 0 fully saturated rings. The molecule has 39 heavy (non-hydrogen) atoms. The molecule has 0 aliphatic rings. The molecule has 7 aromatic rings. The van der Waals surface area contributed by atoms with E-state index < -0.39 is 0 Å². The second kappa shape index (κ2) is 8.55. The summed E-state index contributed by atoms with van der Waals surface area (Å²) in [7, 11) is 2.13. The van der Waals surface area contributed by atoms with Crippen LogP contribution < -0.4 is 4.57 Å². The summed E-state index contributed by atoms with van der Waals surface area (Å²) in [6, 6.07) is 34.8. The number of benzene rings is 5. The van der Waals surface area contributed by atoms with Gasteiger partial charge in [0.15, 0.2) is 6.20 Å². The molecule has 0 atom stereocenters. The first-order valence-corrected chi connectivity index (χ1v) is 13.3. The minimum absolute atomic E-state index is 0.684. The summed E-state index contributed by atoms with van der Waals surface area (Å²) in [6.45, 7) is 6.59. The summed E-state index contributed by atoms with van der Waals surface area (Å²) in [5, 5.41) is 17.1. The van der Waals surface area contributed by atoms with Gasteiger partial charge in [0.05, 0.1) is 27.5 Å². The van der Waals surface area contributed by atoms with Crippen LogP contribution in [0.1, 0.15) is 22.3 Å². The van der Waals surface area contributed by atoms with Crippen molar-refractivity contribution in [2.24, 2.45) is 7.05 Å². The van der Waals surface area contributed by atoms with E-state index in [2.05, 4.69) is 128 Å². The maximum absolute atomic E-state index is 9.95. The Morgan fingerprint density at radius 2 is 1.51 bits per heavy atom. The molecule has 0 amide bonds. The fourth-order valence-electron chi connectivity index (χ4n) is 6.32. The van der Waals surface area contributed by atoms with Gasteiger partial charge in [0.25, 0.3) is 0 Å². The molecule has 7 rings (SSSR count). The maximum atomic E-state index is 9.95. The van der Waals surface area contributed by atoms with E-state index in [1.54, 1.807) is 0 Å². The lowest BCUT2D eigenvalue weighted by Gasteiger charge is -2.14. The van der Waals surface area contributed by atoms with E-state index in [1.165, 1.54) is 49.5 Å². The van der Waals surface area contributed by atoms with Crippen LogP contribution in [0, 0.1) is 32.1 Å². The molecule has 2 aromatic heterocycles. The van der Waals surface area contributed by atoms with E-state index >= 15 is 0 Å². The molecule has 0 spiro atoms. The van der Waals surface area contributed by atoms with E-state index in [0.29, 0.717) is 5.56 Å². The Kier molecular flexibility index (Phi) is 5.08. The number of rotatable bonds is 2. The number of aromatic nitrogens is 2. The Labute approximate surface area is 227 Å². The molecular weight excluding hydrogens is 474 g/mol. The Morgan fingerprint density at radius 3 is 2.36 bits per heavy atom. The zero-order valence-corrected chi connectivity index (χ0v) is 22.6. The Hall–Kier alpha value is -4.94. The van der Waals surface area contributed by atoms with E-state index in [-0.39, 0.29) is 0 Å². The van der Waals surface area contributed by atoms with E-state index in [0.717, 1.165) is 27.5 Å². The van der Waals surface area contributed by atoms with Crippen molar-refractivity contribution >= 4 is 43.4 Å². The highest BCUT2D eigenvalue weighted by molar-refractivity contribution is 6.13. The third kappa shape index (κ3) is 3.39. The minimum atomic E-state index is 0.684. The van der Waals surface area contributed by atoms with Crippen molar-refractivity contribution in [3.8, 4) is 23.0 Å². The molecule has 0 saturated carbocycles. The van der Waals surface area contributed by atoms with Gasteiger partial charge in [0.1, 0.15) is 13.1 Å². The molecule has 0 N–H and O–H groups in total. The summed E-state index contributed by atoms with van der Waals surface area (Å²) in [5.41, 5.74) is 10.2. The maximum Gasteiger partial charge on any atom is 0.220 e. The number of nitriles is 1. The van der Waals surface area contributed by atoms with E-state index in [9.17, 15) is 5.26 Å². The van der Waals surface area contributed by atoms with Gasteiger partial charge in [0.2, 0.25) is 5.69 Å². The van der Waals surface area contributed by atoms with Gasteiger partial charge < -0.3 is 4.57 Å². The van der Waals surface area contributed by atoms with Crippen molar-refractivity contribution in [3.05, 3.63) is 119 Å². The van der Waals surface area contributed by atoms with Crippen LogP contribution >= 0.6 is 0 Å². The van der Waals surface area contributed by atoms with Crippen molar-refractivity contribution in [1.82, 2.24) is 4.57 Å². The lowest BCUT2D eigenvalue weighted by atomic mass is 9.93. The molecule has 2 heterocycles. The number of hydrogen-bond donors (Lipinski definition) is 0. The van der Waals surface area contributed by atoms with Crippen LogP contribution in [0.3, 0.4) is 0 Å². The number of aryl methyl sites for hydroxylation is 3. The van der Waals surface area contributed by atoms with Crippen molar-refractivity contribution < 1.29 is 4.57 Å². The van der Waals surface area contributed by atoms with E-state index in [4.69, 9.17) is 0 Å². The summed E-state index contributed by atoms with van der Waals surface area (Å²) in [4.78, 5) is 0. The van der Waals surface area contributed by atoms with Gasteiger partial charge in [-0.2, -0.15) is 5.26 Å². The number of para-hydroxylation sites is 2. The van der Waals surface area contributed by atoms with Gasteiger partial charge in [0, 0.05) is 27.9 Å². The standard InChI is InChI=1S/C36H28N3/c1-22-18-23(2)24(3)33(19-22)36-32-14-12-25-20-27(13-15-28(25)29(32)16-17-38(36)4)39-34-11-6-5-9-30(34)31-10-7-8-26(21-37)35(31)39/h5-20H,1-4H3/q+1. The van der Waals surface area contributed by atoms with Crippen molar-refractivity contribution in [2.45, 2.75) is 20.8 Å². The van der Waals surface area contributed by atoms with Gasteiger partial charge in [-0.15, -0.1) is 0 Å². The second-order valence-corrected chi connectivity index (χ2v) is 10.6. The van der Waals surface area contributed by atoms with Crippen LogP contribution in [-0.2, 0) is 7.05 Å². The average Bonchev–Trinajstić information content (AvgIpc) is 3.29. The zero-order chi connectivity index (χ0) is 26.8. The molecule has 0 bridgehead atoms. The molecule has 5 aromatic carbocycles. The summed E-state index contributed by atoms with van der Waals surface area (Å²) < 4.78 is 4.48. The molecule has 0 aliphatic carbocycles. The monoisotopic (exact) mass is 502 g/mol. The first-order valence-electron chi connectivity index (χ1n) is 13.3. The Balaban J connectivity index is 1.51. The topological polar surface area (TPSA) is 32.6 Å². The van der Waals surface area contributed by atoms with Crippen molar-refractivity contribution in [3.63, 3.8) is 0 Å². The third-order valence-electron chi connectivity index (χ3n) is 8.26. The normalized spacial score (nSPS) is 11.6. The predicted molar refractivity (Wildman–Crippen MR) is 161 cm³/mol. The van der Waals surface area contributed by atoms with Crippen LogP contribution in [0.2, 0.25) is 0 Å². The largest absolute Gasteiger partial charge is 0.308 e. The average molecular weight is 503 g/mol. The smallest absolute Gasteiger partial charge is 0.220 e. The van der Waals surface area contributed by atoms with Gasteiger partial charge >= 0.3 is 0 Å². The predicted octanol–water partition coefficient (Wildman–Crippen LogP) is 8.38. The van der Waals surface area contributed by atoms with Crippen molar-refractivity contribution in [2.75, 3.05) is 0 Å². The van der Waals surface area contributed by atoms with Gasteiger partial charge in [-0.3, -0.25) is 0 Å². The highest BCUT2D eigenvalue weighted by Gasteiger charge is 2.20. The first kappa shape index (κ1) is 23.2. The van der Waals surface area contributed by atoms with Crippen LogP contribution in [0.25, 0.3) is 60.3 Å². The third-order valence-corrected chi connectivity index (χ3v) is 8.26. The first-order chi connectivity index (χ1) is 19.0. The van der Waals surface area contributed by atoms with Gasteiger partial charge in [-0.05, 0) is 79.1 Å². The van der Waals surface area contributed by atoms with Gasteiger partial charge in [-0.1, -0.05) is 54.1 Å². The quantitative estimate of drug-likeness (QED) is 0.173. The fraction of sp³-hybridized carbons (Fsp3) is 0.111. The Morgan fingerprint density at radius 1 is 0.718 bits per heavy atom. The highest BCUT2D eigenvalue weighted by Crippen LogP contribution is 2.37. The number of fused-ring (bicyclic) bond motifs is 6. The summed E-state index contributed by atoms with van der Waals surface area (Å²) in [6.07, 6.45) is 2.17.